The van der Waals surface area contributed by atoms with Crippen molar-refractivity contribution < 1.29 is 14.5 Å². The second-order valence-electron chi connectivity index (χ2n) is 3.62. The third-order valence-electron chi connectivity index (χ3n) is 2.29. The lowest BCUT2D eigenvalue weighted by Crippen LogP contribution is -1.92. The number of ether oxygens (including phenoxy) is 1. The molecule has 19 heavy (non-hydrogen) atoms. The predicted molar refractivity (Wildman–Crippen MR) is 68.0 cm³/mol. The molecule has 0 bridgehead atoms. The SMILES string of the molecule is COOCc1cccc(Oc2ccc(N=O)cn2)c1. The molecule has 2 rings (SSSR count). The molecule has 0 spiro atoms. The monoisotopic (exact) mass is 260 g/mol. The first-order chi connectivity index (χ1) is 9.31. The molecule has 0 unspecified atom stereocenters. The summed E-state index contributed by atoms with van der Waals surface area (Å²) < 4.78 is 5.55. The van der Waals surface area contributed by atoms with Crippen LogP contribution in [0.15, 0.2) is 47.8 Å². The van der Waals surface area contributed by atoms with Crippen LogP contribution in [-0.2, 0) is 16.4 Å². The fraction of sp³-hybridized carbons (Fsp3) is 0.154. The average molecular weight is 260 g/mol. The smallest absolute Gasteiger partial charge is 0.219 e. The Morgan fingerprint density at radius 3 is 2.84 bits per heavy atom. The Balaban J connectivity index is 2.06. The zero-order chi connectivity index (χ0) is 13.5. The largest absolute Gasteiger partial charge is 0.439 e. The average Bonchev–Trinajstić information content (AvgIpc) is 2.46. The van der Waals surface area contributed by atoms with E-state index < -0.39 is 0 Å². The first-order valence-electron chi connectivity index (χ1n) is 5.53. The highest BCUT2D eigenvalue weighted by molar-refractivity contribution is 5.37. The number of rotatable bonds is 6. The summed E-state index contributed by atoms with van der Waals surface area (Å²) in [6, 6.07) is 10.4. The Morgan fingerprint density at radius 1 is 1.26 bits per heavy atom. The van der Waals surface area contributed by atoms with E-state index in [0.717, 1.165) is 5.56 Å². The zero-order valence-corrected chi connectivity index (χ0v) is 10.3. The van der Waals surface area contributed by atoms with E-state index in [2.05, 4.69) is 15.0 Å². The maximum Gasteiger partial charge on any atom is 0.219 e. The topological polar surface area (TPSA) is 70.0 Å². The summed E-state index contributed by atoms with van der Waals surface area (Å²) >= 11 is 0. The van der Waals surface area contributed by atoms with Crippen molar-refractivity contribution in [3.05, 3.63) is 53.1 Å². The van der Waals surface area contributed by atoms with Crippen molar-refractivity contribution in [1.29, 1.82) is 0 Å². The summed E-state index contributed by atoms with van der Waals surface area (Å²) in [5, 5.41) is 2.77. The second-order valence-corrected chi connectivity index (χ2v) is 3.62. The van der Waals surface area contributed by atoms with Crippen LogP contribution in [0.1, 0.15) is 5.56 Å². The molecule has 1 aromatic carbocycles. The summed E-state index contributed by atoms with van der Waals surface area (Å²) in [6.45, 7) is 0.329. The summed E-state index contributed by atoms with van der Waals surface area (Å²) in [5.74, 6) is 1.01. The fourth-order valence-corrected chi connectivity index (χ4v) is 1.43. The number of nitrogens with zero attached hydrogens (tertiary/aromatic N) is 2. The minimum atomic E-state index is 0.259. The van der Waals surface area contributed by atoms with Crippen molar-refractivity contribution in [2.24, 2.45) is 5.18 Å². The lowest BCUT2D eigenvalue weighted by Gasteiger charge is -2.06. The normalized spacial score (nSPS) is 10.2. The molecular formula is C13H12N2O4. The molecule has 0 atom stereocenters. The van der Waals surface area contributed by atoms with Gasteiger partial charge in [-0.15, -0.1) is 4.91 Å². The van der Waals surface area contributed by atoms with E-state index in [0.29, 0.717) is 18.2 Å². The minimum Gasteiger partial charge on any atom is -0.439 e. The first kappa shape index (κ1) is 13.1. The van der Waals surface area contributed by atoms with Crippen molar-refractivity contribution in [3.8, 4) is 11.6 Å². The van der Waals surface area contributed by atoms with E-state index in [9.17, 15) is 4.91 Å². The van der Waals surface area contributed by atoms with Crippen LogP contribution in [0.25, 0.3) is 0 Å². The van der Waals surface area contributed by atoms with Gasteiger partial charge in [-0.1, -0.05) is 12.1 Å². The van der Waals surface area contributed by atoms with Crippen LogP contribution in [0.3, 0.4) is 0 Å². The quantitative estimate of drug-likeness (QED) is 0.452. The van der Waals surface area contributed by atoms with Gasteiger partial charge in [-0.25, -0.2) is 14.8 Å². The fourth-order valence-electron chi connectivity index (χ4n) is 1.43. The Morgan fingerprint density at radius 2 is 2.16 bits per heavy atom. The standard InChI is InChI=1S/C13H12N2O4/c1-17-18-9-10-3-2-4-12(7-10)19-13-6-5-11(15-16)8-14-13/h2-8H,9H2,1H3. The summed E-state index contributed by atoms with van der Waals surface area (Å²) in [4.78, 5) is 23.6. The number of hydrogen-bond acceptors (Lipinski definition) is 6. The van der Waals surface area contributed by atoms with Crippen molar-refractivity contribution in [3.63, 3.8) is 0 Å². The summed E-state index contributed by atoms with van der Waals surface area (Å²) in [5.41, 5.74) is 1.17. The van der Waals surface area contributed by atoms with Crippen LogP contribution in [0, 0.1) is 4.91 Å². The Labute approximate surface area is 109 Å². The van der Waals surface area contributed by atoms with E-state index in [4.69, 9.17) is 9.62 Å². The number of aromatic nitrogens is 1. The molecule has 0 saturated heterocycles. The molecule has 1 heterocycles. The number of pyridine rings is 1. The van der Waals surface area contributed by atoms with Gasteiger partial charge in [0.1, 0.15) is 18.0 Å². The first-order valence-corrected chi connectivity index (χ1v) is 5.53. The van der Waals surface area contributed by atoms with Crippen LogP contribution in [0.2, 0.25) is 0 Å². The molecule has 0 radical (unpaired) electrons. The van der Waals surface area contributed by atoms with E-state index in [-0.39, 0.29) is 5.69 Å². The zero-order valence-electron chi connectivity index (χ0n) is 10.3. The molecule has 6 nitrogen and oxygen atoms in total. The molecule has 0 aliphatic carbocycles. The van der Waals surface area contributed by atoms with Crippen molar-refractivity contribution in [2.75, 3.05) is 7.11 Å². The van der Waals surface area contributed by atoms with Crippen molar-refractivity contribution in [1.82, 2.24) is 4.98 Å². The highest BCUT2D eigenvalue weighted by Crippen LogP contribution is 2.22. The van der Waals surface area contributed by atoms with E-state index >= 15 is 0 Å². The highest BCUT2D eigenvalue weighted by Gasteiger charge is 2.01. The molecule has 0 fully saturated rings. The summed E-state index contributed by atoms with van der Waals surface area (Å²) in [6.07, 6.45) is 1.35. The third-order valence-corrected chi connectivity index (χ3v) is 2.29. The Hall–Kier alpha value is -2.31. The predicted octanol–water partition coefficient (Wildman–Crippen LogP) is 3.35. The van der Waals surface area contributed by atoms with Crippen LogP contribution >= 0.6 is 0 Å². The van der Waals surface area contributed by atoms with Gasteiger partial charge in [0.25, 0.3) is 0 Å². The number of hydrogen-bond donors (Lipinski definition) is 0. The maximum atomic E-state index is 10.3. The minimum absolute atomic E-state index is 0.259. The van der Waals surface area contributed by atoms with Crippen LogP contribution in [0.5, 0.6) is 11.6 Å². The van der Waals surface area contributed by atoms with Gasteiger partial charge in [-0.05, 0) is 28.9 Å². The van der Waals surface area contributed by atoms with Gasteiger partial charge in [0.05, 0.1) is 13.3 Å². The van der Waals surface area contributed by atoms with E-state index in [1.165, 1.54) is 19.4 Å². The van der Waals surface area contributed by atoms with Crippen LogP contribution < -0.4 is 4.74 Å². The van der Waals surface area contributed by atoms with Crippen LogP contribution in [-0.4, -0.2) is 12.1 Å². The second kappa shape index (κ2) is 6.58. The van der Waals surface area contributed by atoms with Crippen LogP contribution in [0.4, 0.5) is 5.69 Å². The third kappa shape index (κ3) is 3.84. The van der Waals surface area contributed by atoms with Crippen molar-refractivity contribution >= 4 is 5.69 Å². The van der Waals surface area contributed by atoms with Gasteiger partial charge in [-0.3, -0.25) is 0 Å². The molecule has 6 heteroatoms. The molecule has 1 aromatic heterocycles. The number of nitroso groups, excluding NO2 is 1. The molecule has 0 saturated carbocycles. The molecule has 0 N–H and O–H groups in total. The van der Waals surface area contributed by atoms with Gasteiger partial charge in [-0.2, -0.15) is 0 Å². The molecule has 0 amide bonds. The maximum absolute atomic E-state index is 10.3. The molecule has 0 aliphatic rings. The van der Waals surface area contributed by atoms with E-state index in [1.54, 1.807) is 12.1 Å². The highest BCUT2D eigenvalue weighted by atomic mass is 17.2. The Kier molecular flexibility index (Phi) is 4.54. The molecular weight excluding hydrogens is 248 g/mol. The van der Waals surface area contributed by atoms with Gasteiger partial charge in [0.2, 0.25) is 5.88 Å². The molecule has 98 valence electrons. The van der Waals surface area contributed by atoms with Gasteiger partial charge in [0, 0.05) is 6.07 Å². The van der Waals surface area contributed by atoms with Gasteiger partial charge >= 0.3 is 0 Å². The summed E-state index contributed by atoms with van der Waals surface area (Å²) in [7, 11) is 1.45. The lowest BCUT2D eigenvalue weighted by molar-refractivity contribution is -0.282. The van der Waals surface area contributed by atoms with E-state index in [1.807, 2.05) is 18.2 Å². The number of benzene rings is 1. The van der Waals surface area contributed by atoms with Gasteiger partial charge in [0.15, 0.2) is 0 Å². The lowest BCUT2D eigenvalue weighted by atomic mass is 10.2. The molecule has 0 aliphatic heterocycles. The van der Waals surface area contributed by atoms with Crippen molar-refractivity contribution in [2.45, 2.75) is 6.61 Å². The Bertz CT molecular complexity index is 543. The molecule has 2 aromatic rings. The van der Waals surface area contributed by atoms with Gasteiger partial charge < -0.3 is 4.74 Å².